The molecule has 10 nitrogen and oxygen atoms in total. The molecule has 1 atom stereocenters. The zero-order valence-corrected chi connectivity index (χ0v) is 18.5. The molecule has 12 heteroatoms. The number of anilines is 1. The number of rotatable bonds is 3. The Hall–Kier alpha value is -3.41. The fourth-order valence-electron chi connectivity index (χ4n) is 4.04. The summed E-state index contributed by atoms with van der Waals surface area (Å²) in [7, 11) is 1.81. The summed E-state index contributed by atoms with van der Waals surface area (Å²) in [5.74, 6) is 0.184. The summed E-state index contributed by atoms with van der Waals surface area (Å²) in [5.41, 5.74) is 3.43. The summed E-state index contributed by atoms with van der Waals surface area (Å²) in [4.78, 5) is 30.5. The van der Waals surface area contributed by atoms with E-state index in [9.17, 15) is 9.18 Å². The SMILES string of the molecule is Cc1cnn(C)c1-c1ncc(F)c(N2CCN(C(=O)N3N=CCC3c3cncs3)CC2)n1. The zero-order valence-electron chi connectivity index (χ0n) is 17.7. The number of carbonyl (C=O) groups is 1. The van der Waals surface area contributed by atoms with Gasteiger partial charge in [-0.05, 0) is 12.5 Å². The van der Waals surface area contributed by atoms with E-state index in [4.69, 9.17) is 0 Å². The molecule has 0 aromatic carbocycles. The van der Waals surface area contributed by atoms with Crippen molar-refractivity contribution in [2.45, 2.75) is 19.4 Å². The first-order chi connectivity index (χ1) is 15.5. The van der Waals surface area contributed by atoms with Crippen LogP contribution in [0.4, 0.5) is 15.0 Å². The molecule has 166 valence electrons. The van der Waals surface area contributed by atoms with Crippen molar-refractivity contribution in [3.8, 4) is 11.5 Å². The highest BCUT2D eigenvalue weighted by Gasteiger charge is 2.34. The van der Waals surface area contributed by atoms with Gasteiger partial charge in [0.2, 0.25) is 0 Å². The van der Waals surface area contributed by atoms with Crippen molar-refractivity contribution >= 4 is 29.4 Å². The van der Waals surface area contributed by atoms with E-state index in [0.717, 1.165) is 16.1 Å². The Morgan fingerprint density at radius 2 is 2.00 bits per heavy atom. The summed E-state index contributed by atoms with van der Waals surface area (Å²) < 4.78 is 16.3. The molecule has 0 saturated carbocycles. The first-order valence-corrected chi connectivity index (χ1v) is 11.2. The quantitative estimate of drug-likeness (QED) is 0.602. The molecule has 3 aromatic heterocycles. The van der Waals surface area contributed by atoms with Gasteiger partial charge in [0.1, 0.15) is 5.69 Å². The summed E-state index contributed by atoms with van der Waals surface area (Å²) in [6.07, 6.45) is 7.14. The van der Waals surface area contributed by atoms with E-state index in [0.29, 0.717) is 38.4 Å². The molecular weight excluding hydrogens is 433 g/mol. The lowest BCUT2D eigenvalue weighted by atomic mass is 10.2. The van der Waals surface area contributed by atoms with E-state index in [1.165, 1.54) is 22.5 Å². The Morgan fingerprint density at radius 1 is 1.19 bits per heavy atom. The number of aromatic nitrogens is 5. The number of aryl methyl sites for hydroxylation is 2. The second kappa shape index (κ2) is 8.26. The smallest absolute Gasteiger partial charge is 0.341 e. The fourth-order valence-corrected chi connectivity index (χ4v) is 4.76. The number of halogens is 1. The van der Waals surface area contributed by atoms with Crippen molar-refractivity contribution in [1.29, 1.82) is 0 Å². The third-order valence-corrected chi connectivity index (χ3v) is 6.59. The van der Waals surface area contributed by atoms with Gasteiger partial charge >= 0.3 is 6.03 Å². The maximum Gasteiger partial charge on any atom is 0.341 e. The number of urea groups is 1. The molecule has 1 unspecified atom stereocenters. The predicted octanol–water partition coefficient (Wildman–Crippen LogP) is 2.46. The molecule has 2 amide bonds. The molecule has 3 aromatic rings. The van der Waals surface area contributed by atoms with Crippen LogP contribution < -0.4 is 4.90 Å². The third-order valence-electron chi connectivity index (χ3n) is 5.71. The van der Waals surface area contributed by atoms with Crippen molar-refractivity contribution in [2.24, 2.45) is 12.1 Å². The van der Waals surface area contributed by atoms with Gasteiger partial charge in [0.15, 0.2) is 17.5 Å². The van der Waals surface area contributed by atoms with E-state index in [1.807, 2.05) is 11.8 Å². The van der Waals surface area contributed by atoms with Crippen LogP contribution in [0, 0.1) is 12.7 Å². The van der Waals surface area contributed by atoms with E-state index < -0.39 is 5.82 Å². The second-order valence-electron chi connectivity index (χ2n) is 7.72. The lowest BCUT2D eigenvalue weighted by Gasteiger charge is -2.37. The summed E-state index contributed by atoms with van der Waals surface area (Å²) in [5, 5.41) is 10.0. The zero-order chi connectivity index (χ0) is 22.2. The van der Waals surface area contributed by atoms with Crippen LogP contribution in [0.1, 0.15) is 22.9 Å². The van der Waals surface area contributed by atoms with Crippen LogP contribution in [0.2, 0.25) is 0 Å². The minimum atomic E-state index is -0.484. The normalized spacial score (nSPS) is 18.6. The monoisotopic (exact) mass is 455 g/mol. The molecule has 5 heterocycles. The number of thiazole rings is 1. The average Bonchev–Trinajstić information content (AvgIpc) is 3.55. The van der Waals surface area contributed by atoms with Crippen molar-refractivity contribution in [3.05, 3.63) is 40.4 Å². The van der Waals surface area contributed by atoms with Gasteiger partial charge in [-0.15, -0.1) is 11.3 Å². The molecule has 0 bridgehead atoms. The lowest BCUT2D eigenvalue weighted by molar-refractivity contribution is 0.140. The van der Waals surface area contributed by atoms with E-state index in [2.05, 4.69) is 25.2 Å². The number of hydrogen-bond acceptors (Lipinski definition) is 8. The minimum absolute atomic E-state index is 0.114. The van der Waals surface area contributed by atoms with Gasteiger partial charge < -0.3 is 9.80 Å². The number of nitrogens with zero attached hydrogens (tertiary/aromatic N) is 9. The van der Waals surface area contributed by atoms with Crippen molar-refractivity contribution < 1.29 is 9.18 Å². The van der Waals surface area contributed by atoms with Gasteiger partial charge in [-0.2, -0.15) is 10.2 Å². The van der Waals surface area contributed by atoms with E-state index in [-0.39, 0.29) is 17.9 Å². The van der Waals surface area contributed by atoms with Crippen LogP contribution in [0.15, 0.2) is 29.2 Å². The van der Waals surface area contributed by atoms with Crippen LogP contribution in [0.3, 0.4) is 0 Å². The molecule has 5 rings (SSSR count). The van der Waals surface area contributed by atoms with Crippen molar-refractivity contribution in [3.63, 3.8) is 0 Å². The van der Waals surface area contributed by atoms with Gasteiger partial charge in [0, 0.05) is 56.9 Å². The molecule has 32 heavy (non-hydrogen) atoms. The molecule has 0 N–H and O–H groups in total. The maximum absolute atomic E-state index is 14.6. The van der Waals surface area contributed by atoms with Crippen LogP contribution in [-0.4, -0.2) is 73.1 Å². The summed E-state index contributed by atoms with van der Waals surface area (Å²) in [6, 6.07) is -0.261. The van der Waals surface area contributed by atoms with Gasteiger partial charge in [-0.3, -0.25) is 9.67 Å². The molecular formula is C20H22FN9OS. The third kappa shape index (κ3) is 3.60. The molecule has 2 aliphatic rings. The second-order valence-corrected chi connectivity index (χ2v) is 8.64. The average molecular weight is 456 g/mol. The van der Waals surface area contributed by atoms with Crippen LogP contribution >= 0.6 is 11.3 Å². The molecule has 1 saturated heterocycles. The highest BCUT2D eigenvalue weighted by molar-refractivity contribution is 7.09. The number of carbonyl (C=O) groups excluding carboxylic acids is 1. The Morgan fingerprint density at radius 3 is 2.69 bits per heavy atom. The molecule has 2 aliphatic heterocycles. The largest absolute Gasteiger partial charge is 0.351 e. The Kier molecular flexibility index (Phi) is 5.29. The van der Waals surface area contributed by atoms with E-state index in [1.54, 1.807) is 40.7 Å². The Labute approximate surface area is 188 Å². The molecule has 0 radical (unpaired) electrons. The summed E-state index contributed by atoms with van der Waals surface area (Å²) in [6.45, 7) is 3.74. The number of hydrazone groups is 1. The first-order valence-electron chi connectivity index (χ1n) is 10.3. The molecule has 1 fully saturated rings. The van der Waals surface area contributed by atoms with Gasteiger partial charge in [-0.25, -0.2) is 24.2 Å². The van der Waals surface area contributed by atoms with Crippen LogP contribution in [0.25, 0.3) is 11.5 Å². The minimum Gasteiger partial charge on any atom is -0.351 e. The maximum atomic E-state index is 14.6. The predicted molar refractivity (Wildman–Crippen MR) is 118 cm³/mol. The lowest BCUT2D eigenvalue weighted by Crippen LogP contribution is -2.52. The van der Waals surface area contributed by atoms with E-state index >= 15 is 0 Å². The van der Waals surface area contributed by atoms with Gasteiger partial charge in [-0.1, -0.05) is 0 Å². The van der Waals surface area contributed by atoms with Gasteiger partial charge in [0.25, 0.3) is 0 Å². The number of hydrogen-bond donors (Lipinski definition) is 0. The van der Waals surface area contributed by atoms with Gasteiger partial charge in [0.05, 0.1) is 23.9 Å². The standard InChI is InChI=1S/C20H22FN9OS/c1-13-9-25-27(2)17(13)18-23-10-14(21)19(26-18)28-5-7-29(8-6-28)20(31)30-15(3-4-24-30)16-11-22-12-32-16/h4,9-12,15H,3,5-8H2,1-2H3. The van der Waals surface area contributed by atoms with Crippen molar-refractivity contribution in [1.82, 2.24) is 34.6 Å². The van der Waals surface area contributed by atoms with Crippen LogP contribution in [-0.2, 0) is 7.05 Å². The molecule has 0 aliphatic carbocycles. The highest BCUT2D eigenvalue weighted by atomic mass is 32.1. The Balaban J connectivity index is 1.29. The first kappa shape index (κ1) is 20.5. The molecule has 0 spiro atoms. The number of amides is 2. The Bertz CT molecular complexity index is 1130. The fraction of sp³-hybridized carbons (Fsp3) is 0.400. The van der Waals surface area contributed by atoms with Crippen molar-refractivity contribution in [2.75, 3.05) is 31.1 Å². The van der Waals surface area contributed by atoms with Crippen LogP contribution in [0.5, 0.6) is 0 Å². The topological polar surface area (TPSA) is 95.6 Å². The summed E-state index contributed by atoms with van der Waals surface area (Å²) >= 11 is 1.52. The number of piperazine rings is 1. The highest BCUT2D eigenvalue weighted by Crippen LogP contribution is 2.32.